The van der Waals surface area contributed by atoms with Gasteiger partial charge in [0.05, 0.1) is 25.4 Å². The molecule has 5 atom stereocenters. The number of benzene rings is 7. The number of hydrogen-bond donors (Lipinski definition) is 1. The molecule has 1 aliphatic heterocycles. The van der Waals surface area contributed by atoms with Crippen molar-refractivity contribution in [3.8, 4) is 5.75 Å². The number of thiophene rings is 1. The second-order valence-electron chi connectivity index (χ2n) is 18.7. The molecule has 1 unspecified atom stereocenters. The summed E-state index contributed by atoms with van der Waals surface area (Å²) in [6, 6.07) is 64.3. The van der Waals surface area contributed by atoms with Gasteiger partial charge in [-0.15, -0.1) is 11.3 Å². The Balaban J connectivity index is 1.19. The van der Waals surface area contributed by atoms with E-state index in [2.05, 4.69) is 82.3 Å². The zero-order chi connectivity index (χ0) is 47.1. The van der Waals surface area contributed by atoms with E-state index in [1.165, 1.54) is 10.1 Å². The maximum absolute atomic E-state index is 18.2. The molecular formula is C59H59FO6SSi. The number of halogens is 1. The molecule has 9 rings (SSSR count). The van der Waals surface area contributed by atoms with Gasteiger partial charge in [-0.1, -0.05) is 191 Å². The summed E-state index contributed by atoms with van der Waals surface area (Å²) in [6.45, 7) is 8.76. The number of ether oxygens (including phenoxy) is 4. The van der Waals surface area contributed by atoms with Gasteiger partial charge in [-0.2, -0.15) is 0 Å². The topological polar surface area (TPSA) is 66.4 Å². The van der Waals surface area contributed by atoms with Crippen LogP contribution < -0.4 is 15.1 Å². The quantitative estimate of drug-likeness (QED) is 0.0918. The standard InChI is InChI=1S/C59H59FO6SSi/c1-42-34-52(62-38-43-22-10-5-11-23-43)51(37-47(42)36-48-35-46-28-20-21-33-54(46)67-48)59(61)57(64-40-45-26-14-7-15-27-45)56(63-39-44-24-12-6-13-25-44)55(60)53(66-59)41-65-68(58(2,3)4,49-29-16-8-17-30-49)50-31-18-9-19-32-50/h5-35,37,53,55-57,61H,36,38-41H2,1-4H3/t53-,55-,56+,57-,59?/m1/s1. The minimum atomic E-state index is -3.22. The first kappa shape index (κ1) is 47.3. The highest BCUT2D eigenvalue weighted by atomic mass is 32.1. The van der Waals surface area contributed by atoms with E-state index in [0.29, 0.717) is 17.7 Å². The Labute approximate surface area is 405 Å². The van der Waals surface area contributed by atoms with E-state index in [-0.39, 0.29) is 26.4 Å². The Morgan fingerprint density at radius 2 is 1.16 bits per heavy atom. The predicted octanol–water partition coefficient (Wildman–Crippen LogP) is 12.0. The number of rotatable bonds is 17. The summed E-state index contributed by atoms with van der Waals surface area (Å²) in [5, 5.41) is 16.8. The molecule has 2 heterocycles. The Morgan fingerprint density at radius 1 is 0.647 bits per heavy atom. The molecule has 1 aliphatic rings. The van der Waals surface area contributed by atoms with Gasteiger partial charge >= 0.3 is 0 Å². The van der Waals surface area contributed by atoms with E-state index in [1.807, 2.05) is 140 Å². The van der Waals surface area contributed by atoms with E-state index in [4.69, 9.17) is 23.4 Å². The van der Waals surface area contributed by atoms with Crippen LogP contribution in [-0.4, -0.2) is 44.5 Å². The highest BCUT2D eigenvalue weighted by Gasteiger charge is 2.59. The lowest BCUT2D eigenvalue weighted by atomic mass is 9.86. The lowest BCUT2D eigenvalue weighted by Crippen LogP contribution is -2.69. The SMILES string of the molecule is Cc1cc(OCc2ccccc2)c(C2(O)O[C@H](CO[Si](c3ccccc3)(c3ccccc3)C(C)(C)C)[C@@H](F)[C@H](OCc3ccccc3)[C@H]2OCc2ccccc2)cc1Cc1cc2ccccc2s1. The molecule has 0 radical (unpaired) electrons. The van der Waals surface area contributed by atoms with E-state index in [0.717, 1.165) is 43.1 Å². The van der Waals surface area contributed by atoms with Crippen LogP contribution in [0.2, 0.25) is 5.04 Å². The first-order valence-corrected chi connectivity index (χ1v) is 26.1. The molecule has 1 aromatic heterocycles. The van der Waals surface area contributed by atoms with Crippen LogP contribution in [0.5, 0.6) is 5.75 Å². The van der Waals surface area contributed by atoms with E-state index in [9.17, 15) is 5.11 Å². The smallest absolute Gasteiger partial charge is 0.261 e. The average molecular weight is 943 g/mol. The van der Waals surface area contributed by atoms with Gasteiger partial charge in [-0.3, -0.25) is 0 Å². The highest BCUT2D eigenvalue weighted by Crippen LogP contribution is 2.47. The van der Waals surface area contributed by atoms with E-state index < -0.39 is 43.6 Å². The first-order chi connectivity index (χ1) is 33.0. The molecule has 68 heavy (non-hydrogen) atoms. The molecule has 1 N–H and O–H groups in total. The molecule has 348 valence electrons. The summed E-state index contributed by atoms with van der Waals surface area (Å²) in [5.74, 6) is -1.92. The number of aliphatic hydroxyl groups is 1. The minimum absolute atomic E-state index is 0.0546. The zero-order valence-electron chi connectivity index (χ0n) is 39.1. The molecule has 9 heteroatoms. The third-order valence-corrected chi connectivity index (χ3v) is 19.1. The highest BCUT2D eigenvalue weighted by molar-refractivity contribution is 7.19. The lowest BCUT2D eigenvalue weighted by molar-refractivity contribution is -0.365. The van der Waals surface area contributed by atoms with Crippen LogP contribution >= 0.6 is 11.3 Å². The predicted molar refractivity (Wildman–Crippen MR) is 274 cm³/mol. The second kappa shape index (κ2) is 20.9. The number of aryl methyl sites for hydroxylation is 1. The normalized spacial score (nSPS) is 19.8. The molecule has 0 amide bonds. The molecule has 0 bridgehead atoms. The summed E-state index contributed by atoms with van der Waals surface area (Å²) in [7, 11) is -3.22. The fourth-order valence-electron chi connectivity index (χ4n) is 9.55. The van der Waals surface area contributed by atoms with Crippen molar-refractivity contribution in [2.75, 3.05) is 6.61 Å². The van der Waals surface area contributed by atoms with Gasteiger partial charge in [0, 0.05) is 16.0 Å². The van der Waals surface area contributed by atoms with Crippen LogP contribution in [0.25, 0.3) is 10.1 Å². The lowest BCUT2D eigenvalue weighted by Gasteiger charge is -2.50. The van der Waals surface area contributed by atoms with Crippen molar-refractivity contribution < 1.29 is 32.9 Å². The molecule has 0 saturated carbocycles. The molecule has 6 nitrogen and oxygen atoms in total. The van der Waals surface area contributed by atoms with Crippen LogP contribution in [0.4, 0.5) is 4.39 Å². The summed E-state index contributed by atoms with van der Waals surface area (Å²) >= 11 is 1.74. The van der Waals surface area contributed by atoms with Crippen LogP contribution in [0.15, 0.2) is 194 Å². The average Bonchev–Trinajstić information content (AvgIpc) is 3.78. The van der Waals surface area contributed by atoms with E-state index >= 15 is 4.39 Å². The summed E-state index contributed by atoms with van der Waals surface area (Å²) in [5.41, 5.74) is 4.90. The van der Waals surface area contributed by atoms with Crippen molar-refractivity contribution in [1.82, 2.24) is 0 Å². The maximum atomic E-state index is 18.2. The molecule has 7 aromatic carbocycles. The molecule has 1 saturated heterocycles. The molecular weight excluding hydrogens is 884 g/mol. The van der Waals surface area contributed by atoms with Crippen molar-refractivity contribution in [2.45, 2.75) is 89.2 Å². The largest absolute Gasteiger partial charge is 0.488 e. The third kappa shape index (κ3) is 10.2. The van der Waals surface area contributed by atoms with Crippen molar-refractivity contribution in [1.29, 1.82) is 0 Å². The number of alkyl halides is 1. The summed E-state index contributed by atoms with van der Waals surface area (Å²) < 4.78 is 54.1. The zero-order valence-corrected chi connectivity index (χ0v) is 40.9. The van der Waals surface area contributed by atoms with Crippen molar-refractivity contribution in [3.63, 3.8) is 0 Å². The Hall–Kier alpha value is -5.75. The van der Waals surface area contributed by atoms with Gasteiger partial charge in [-0.25, -0.2) is 4.39 Å². The Kier molecular flexibility index (Phi) is 14.5. The monoisotopic (exact) mass is 942 g/mol. The van der Waals surface area contributed by atoms with Crippen LogP contribution in [0.1, 0.15) is 59.0 Å². The molecule has 1 fully saturated rings. The van der Waals surface area contributed by atoms with Gasteiger partial charge < -0.3 is 28.5 Å². The summed E-state index contributed by atoms with van der Waals surface area (Å²) in [6.07, 6.45) is -5.21. The van der Waals surface area contributed by atoms with Crippen molar-refractivity contribution >= 4 is 40.1 Å². The number of fused-ring (bicyclic) bond motifs is 1. The van der Waals surface area contributed by atoms with Crippen molar-refractivity contribution in [2.24, 2.45) is 0 Å². The molecule has 8 aromatic rings. The molecule has 0 aliphatic carbocycles. The van der Waals surface area contributed by atoms with Crippen molar-refractivity contribution in [3.05, 3.63) is 232 Å². The van der Waals surface area contributed by atoms with Gasteiger partial charge in [0.1, 0.15) is 30.7 Å². The first-order valence-electron chi connectivity index (χ1n) is 23.4. The fourth-order valence-corrected chi connectivity index (χ4v) is 15.2. The second-order valence-corrected chi connectivity index (χ2v) is 24.2. The van der Waals surface area contributed by atoms with Gasteiger partial charge in [-0.05, 0) is 79.8 Å². The van der Waals surface area contributed by atoms with Gasteiger partial charge in [0.15, 0.2) is 6.17 Å². The van der Waals surface area contributed by atoms with Gasteiger partial charge in [0.25, 0.3) is 8.32 Å². The Bertz CT molecular complexity index is 2790. The third-order valence-electron chi connectivity index (χ3n) is 13.0. The van der Waals surface area contributed by atoms with Crippen LogP contribution in [0.3, 0.4) is 0 Å². The fraction of sp³-hybridized carbons (Fsp3) is 0.254. The van der Waals surface area contributed by atoms with Gasteiger partial charge in [0.2, 0.25) is 5.79 Å². The Morgan fingerprint density at radius 3 is 1.72 bits per heavy atom. The maximum Gasteiger partial charge on any atom is 0.261 e. The number of hydrogen-bond acceptors (Lipinski definition) is 7. The summed E-state index contributed by atoms with van der Waals surface area (Å²) in [4.78, 5) is 1.16. The van der Waals surface area contributed by atoms with E-state index in [1.54, 1.807) is 11.3 Å². The molecule has 0 spiro atoms. The van der Waals surface area contributed by atoms with Crippen LogP contribution in [0, 0.1) is 6.92 Å². The minimum Gasteiger partial charge on any atom is -0.488 e. The van der Waals surface area contributed by atoms with Crippen LogP contribution in [-0.2, 0) is 50.7 Å².